The lowest BCUT2D eigenvalue weighted by Crippen LogP contribution is -2.37. The zero-order valence-corrected chi connectivity index (χ0v) is 12.6. The van der Waals surface area contributed by atoms with E-state index in [9.17, 15) is 4.79 Å². The third-order valence-corrected chi connectivity index (χ3v) is 4.41. The SMILES string of the molecule is CO[C@@H]1CN(C(=O)CC2=CCCCC2)Cc2ccnn2C1. The van der Waals surface area contributed by atoms with Gasteiger partial charge in [0.05, 0.1) is 24.9 Å². The fraction of sp³-hybridized carbons (Fsp3) is 0.625. The Balaban J connectivity index is 1.71. The van der Waals surface area contributed by atoms with E-state index < -0.39 is 0 Å². The van der Waals surface area contributed by atoms with Gasteiger partial charge in [-0.1, -0.05) is 11.6 Å². The van der Waals surface area contributed by atoms with E-state index in [-0.39, 0.29) is 12.0 Å². The van der Waals surface area contributed by atoms with Gasteiger partial charge in [-0.3, -0.25) is 9.48 Å². The minimum absolute atomic E-state index is 0.00966. The Hall–Kier alpha value is -1.62. The highest BCUT2D eigenvalue weighted by Crippen LogP contribution is 2.22. The molecule has 0 fully saturated rings. The van der Waals surface area contributed by atoms with Crippen LogP contribution in [0.4, 0.5) is 0 Å². The average Bonchev–Trinajstić information content (AvgIpc) is 2.85. The fourth-order valence-electron chi connectivity index (χ4n) is 3.13. The summed E-state index contributed by atoms with van der Waals surface area (Å²) in [6.45, 7) is 1.99. The molecule has 3 rings (SSSR count). The first-order chi connectivity index (χ1) is 10.3. The Kier molecular flexibility index (Phi) is 4.39. The number of hydrogen-bond donors (Lipinski definition) is 0. The first-order valence-corrected chi connectivity index (χ1v) is 7.75. The summed E-state index contributed by atoms with van der Waals surface area (Å²) in [7, 11) is 1.70. The molecular formula is C16H23N3O2. The highest BCUT2D eigenvalue weighted by Gasteiger charge is 2.25. The van der Waals surface area contributed by atoms with Crippen LogP contribution in [0.15, 0.2) is 23.9 Å². The van der Waals surface area contributed by atoms with Crippen LogP contribution >= 0.6 is 0 Å². The summed E-state index contributed by atoms with van der Waals surface area (Å²) in [6, 6.07) is 1.98. The lowest BCUT2D eigenvalue weighted by Gasteiger charge is -2.24. The van der Waals surface area contributed by atoms with Crippen LogP contribution in [0.3, 0.4) is 0 Å². The van der Waals surface area contributed by atoms with E-state index in [0.29, 0.717) is 26.1 Å². The number of fused-ring (bicyclic) bond motifs is 1. The van der Waals surface area contributed by atoms with E-state index in [1.807, 2.05) is 15.6 Å². The molecule has 1 amide bonds. The smallest absolute Gasteiger partial charge is 0.227 e. The molecule has 0 bridgehead atoms. The Bertz CT molecular complexity index is 535. The van der Waals surface area contributed by atoms with Crippen molar-refractivity contribution in [1.82, 2.24) is 14.7 Å². The van der Waals surface area contributed by atoms with Gasteiger partial charge < -0.3 is 9.64 Å². The fourth-order valence-corrected chi connectivity index (χ4v) is 3.13. The number of allylic oxidation sites excluding steroid dienone is 1. The number of methoxy groups -OCH3 is 1. The Morgan fingerprint density at radius 1 is 1.43 bits per heavy atom. The number of aromatic nitrogens is 2. The summed E-state index contributed by atoms with van der Waals surface area (Å²) in [5.41, 5.74) is 2.39. The topological polar surface area (TPSA) is 47.4 Å². The molecule has 0 unspecified atom stereocenters. The molecule has 5 nitrogen and oxygen atoms in total. The highest BCUT2D eigenvalue weighted by molar-refractivity contribution is 5.78. The number of carbonyl (C=O) groups is 1. The van der Waals surface area contributed by atoms with E-state index in [1.54, 1.807) is 13.3 Å². The minimum atomic E-state index is 0.00966. The van der Waals surface area contributed by atoms with Crippen molar-refractivity contribution in [2.75, 3.05) is 13.7 Å². The zero-order valence-electron chi connectivity index (χ0n) is 12.6. The van der Waals surface area contributed by atoms with Gasteiger partial charge in [0, 0.05) is 26.3 Å². The molecule has 1 atom stereocenters. The van der Waals surface area contributed by atoms with E-state index in [0.717, 1.165) is 18.5 Å². The van der Waals surface area contributed by atoms with Crippen LogP contribution in [0.25, 0.3) is 0 Å². The molecule has 2 heterocycles. The molecule has 1 aromatic heterocycles. The van der Waals surface area contributed by atoms with Crippen molar-refractivity contribution in [1.29, 1.82) is 0 Å². The van der Waals surface area contributed by atoms with Crippen LogP contribution in [0.5, 0.6) is 0 Å². The maximum Gasteiger partial charge on any atom is 0.227 e. The van der Waals surface area contributed by atoms with E-state index >= 15 is 0 Å². The normalized spacial score (nSPS) is 22.4. The van der Waals surface area contributed by atoms with Crippen LogP contribution in [0.1, 0.15) is 37.8 Å². The highest BCUT2D eigenvalue weighted by atomic mass is 16.5. The van der Waals surface area contributed by atoms with Crippen molar-refractivity contribution >= 4 is 5.91 Å². The Morgan fingerprint density at radius 2 is 2.33 bits per heavy atom. The maximum atomic E-state index is 12.6. The van der Waals surface area contributed by atoms with Crippen LogP contribution < -0.4 is 0 Å². The Labute approximate surface area is 125 Å². The van der Waals surface area contributed by atoms with Gasteiger partial charge >= 0.3 is 0 Å². The lowest BCUT2D eigenvalue weighted by atomic mass is 9.97. The molecule has 114 valence electrons. The third-order valence-electron chi connectivity index (χ3n) is 4.41. The first kappa shape index (κ1) is 14.3. The number of rotatable bonds is 3. The van der Waals surface area contributed by atoms with Crippen molar-refractivity contribution in [3.8, 4) is 0 Å². The lowest BCUT2D eigenvalue weighted by molar-refractivity contribution is -0.132. The summed E-state index contributed by atoms with van der Waals surface area (Å²) in [6.07, 6.45) is 9.28. The second-order valence-corrected chi connectivity index (χ2v) is 5.92. The van der Waals surface area contributed by atoms with Crippen molar-refractivity contribution in [2.24, 2.45) is 0 Å². The monoisotopic (exact) mass is 289 g/mol. The quantitative estimate of drug-likeness (QED) is 0.801. The largest absolute Gasteiger partial charge is 0.378 e. The minimum Gasteiger partial charge on any atom is -0.378 e. The third kappa shape index (κ3) is 3.35. The van der Waals surface area contributed by atoms with Gasteiger partial charge in [-0.25, -0.2) is 0 Å². The number of ether oxygens (including phenoxy) is 1. The van der Waals surface area contributed by atoms with Crippen LogP contribution in [-0.4, -0.2) is 40.3 Å². The number of carbonyl (C=O) groups excluding carboxylic acids is 1. The molecule has 21 heavy (non-hydrogen) atoms. The van der Waals surface area contributed by atoms with E-state index in [1.165, 1.54) is 18.4 Å². The van der Waals surface area contributed by atoms with Crippen molar-refractivity contribution < 1.29 is 9.53 Å². The van der Waals surface area contributed by atoms with Gasteiger partial charge in [0.25, 0.3) is 0 Å². The first-order valence-electron chi connectivity index (χ1n) is 7.75. The molecule has 0 radical (unpaired) electrons. The maximum absolute atomic E-state index is 12.6. The molecule has 2 aliphatic rings. The summed E-state index contributed by atoms with van der Waals surface area (Å²) in [5.74, 6) is 0.208. The molecule has 0 spiro atoms. The van der Waals surface area contributed by atoms with Crippen LogP contribution in [-0.2, 0) is 22.6 Å². The number of hydrogen-bond acceptors (Lipinski definition) is 3. The molecule has 1 aromatic rings. The van der Waals surface area contributed by atoms with Gasteiger partial charge in [-0.2, -0.15) is 5.10 Å². The molecule has 0 saturated heterocycles. The average molecular weight is 289 g/mol. The van der Waals surface area contributed by atoms with Gasteiger partial charge in [0.1, 0.15) is 0 Å². The molecule has 5 heteroatoms. The molecule has 0 N–H and O–H groups in total. The summed E-state index contributed by atoms with van der Waals surface area (Å²) >= 11 is 0. The summed E-state index contributed by atoms with van der Waals surface area (Å²) in [5, 5.41) is 4.31. The van der Waals surface area contributed by atoms with Crippen molar-refractivity contribution in [2.45, 2.75) is 51.3 Å². The van der Waals surface area contributed by atoms with E-state index in [2.05, 4.69) is 11.2 Å². The molecule has 1 aliphatic heterocycles. The summed E-state index contributed by atoms with van der Waals surface area (Å²) < 4.78 is 7.44. The van der Waals surface area contributed by atoms with Gasteiger partial charge in [0.2, 0.25) is 5.91 Å². The molecular weight excluding hydrogens is 266 g/mol. The molecule has 1 aliphatic carbocycles. The van der Waals surface area contributed by atoms with E-state index in [4.69, 9.17) is 4.74 Å². The Morgan fingerprint density at radius 3 is 3.10 bits per heavy atom. The second kappa shape index (κ2) is 6.43. The molecule has 0 saturated carbocycles. The summed E-state index contributed by atoms with van der Waals surface area (Å²) in [4.78, 5) is 14.5. The van der Waals surface area contributed by atoms with Crippen LogP contribution in [0.2, 0.25) is 0 Å². The zero-order chi connectivity index (χ0) is 14.7. The second-order valence-electron chi connectivity index (χ2n) is 5.92. The molecule has 0 aromatic carbocycles. The standard InChI is InChI=1S/C16H23N3O2/c1-21-15-11-18(10-14-7-8-17-19(14)12-15)16(20)9-13-5-3-2-4-6-13/h5,7-8,15H,2-4,6,9-12H2,1H3/t15-/m1/s1. The van der Waals surface area contributed by atoms with Crippen LogP contribution in [0, 0.1) is 0 Å². The van der Waals surface area contributed by atoms with Gasteiger partial charge in [-0.15, -0.1) is 0 Å². The number of nitrogens with zero attached hydrogens (tertiary/aromatic N) is 3. The van der Waals surface area contributed by atoms with Crippen molar-refractivity contribution in [3.05, 3.63) is 29.6 Å². The number of amides is 1. The predicted octanol–water partition coefficient (Wildman–Crippen LogP) is 2.13. The predicted molar refractivity (Wildman–Crippen MR) is 79.6 cm³/mol. The van der Waals surface area contributed by atoms with Crippen molar-refractivity contribution in [3.63, 3.8) is 0 Å². The van der Waals surface area contributed by atoms with Gasteiger partial charge in [0.15, 0.2) is 0 Å². The van der Waals surface area contributed by atoms with Gasteiger partial charge in [-0.05, 0) is 31.7 Å².